The molecule has 0 saturated heterocycles. The molecule has 0 bridgehead atoms. The Bertz CT molecular complexity index is 1690. The predicted molar refractivity (Wildman–Crippen MR) is 164 cm³/mol. The SMILES string of the molecule is CC1=C(c2ccc(C(=O)N3Cc4ccc(C(=O)N(C)Cc5cccnc5)n4Cc4ccccc43)cc2C)CCCC1O. The van der Waals surface area contributed by atoms with Crippen LogP contribution in [-0.4, -0.2) is 44.5 Å². The molecule has 2 amide bonds. The maximum atomic E-state index is 14.1. The highest BCUT2D eigenvalue weighted by atomic mass is 16.3. The lowest BCUT2D eigenvalue weighted by molar-refractivity contribution is 0.0774. The van der Waals surface area contributed by atoms with Crippen LogP contribution >= 0.6 is 0 Å². The highest BCUT2D eigenvalue weighted by Crippen LogP contribution is 2.35. The van der Waals surface area contributed by atoms with E-state index >= 15 is 0 Å². The molecule has 1 N–H and O–H groups in total. The molecule has 2 aromatic carbocycles. The number of hydrogen-bond acceptors (Lipinski definition) is 4. The van der Waals surface area contributed by atoms with Gasteiger partial charge < -0.3 is 19.5 Å². The minimum absolute atomic E-state index is 0.0778. The van der Waals surface area contributed by atoms with Crippen LogP contribution in [0.3, 0.4) is 0 Å². The van der Waals surface area contributed by atoms with Crippen molar-refractivity contribution in [1.29, 1.82) is 0 Å². The molecule has 7 nitrogen and oxygen atoms in total. The van der Waals surface area contributed by atoms with Crippen molar-refractivity contribution in [2.75, 3.05) is 11.9 Å². The van der Waals surface area contributed by atoms with Crippen molar-refractivity contribution in [3.63, 3.8) is 0 Å². The van der Waals surface area contributed by atoms with Gasteiger partial charge in [0.25, 0.3) is 11.8 Å². The number of aromatic nitrogens is 2. The van der Waals surface area contributed by atoms with Crippen molar-refractivity contribution in [2.24, 2.45) is 0 Å². The average Bonchev–Trinajstić information content (AvgIpc) is 3.31. The molecule has 6 rings (SSSR count). The summed E-state index contributed by atoms with van der Waals surface area (Å²) in [6.07, 6.45) is 5.79. The van der Waals surface area contributed by atoms with Crippen LogP contribution in [0.5, 0.6) is 0 Å². The van der Waals surface area contributed by atoms with Crippen LogP contribution in [0.25, 0.3) is 5.57 Å². The van der Waals surface area contributed by atoms with Gasteiger partial charge in [-0.25, -0.2) is 0 Å². The van der Waals surface area contributed by atoms with Crippen molar-refractivity contribution < 1.29 is 14.7 Å². The van der Waals surface area contributed by atoms with Crippen molar-refractivity contribution in [2.45, 2.75) is 58.8 Å². The number of benzene rings is 2. The molecule has 1 unspecified atom stereocenters. The molecular formula is C35H36N4O3. The lowest BCUT2D eigenvalue weighted by Crippen LogP contribution is -2.31. The number of aliphatic hydroxyl groups is 1. The average molecular weight is 561 g/mol. The van der Waals surface area contributed by atoms with E-state index in [-0.39, 0.29) is 11.8 Å². The standard InChI is InChI=1S/C35H36N4O3/c1-23-18-26(13-15-29(23)30-10-6-12-33(40)24(30)2)34(41)39-22-28-14-16-32(38(28)21-27-9-4-5-11-31(27)39)35(42)37(3)20-25-8-7-17-36-19-25/h4-5,7-9,11,13-19,33,40H,6,10,12,20-22H2,1-3H3. The summed E-state index contributed by atoms with van der Waals surface area (Å²) in [4.78, 5) is 35.4. The number of hydrogen-bond donors (Lipinski definition) is 1. The molecule has 7 heteroatoms. The lowest BCUT2D eigenvalue weighted by atomic mass is 9.84. The first-order chi connectivity index (χ1) is 20.3. The molecule has 1 aliphatic carbocycles. The van der Waals surface area contributed by atoms with Crippen LogP contribution in [0.15, 0.2) is 84.7 Å². The molecule has 0 saturated carbocycles. The van der Waals surface area contributed by atoms with Gasteiger partial charge in [-0.15, -0.1) is 0 Å². The highest BCUT2D eigenvalue weighted by Gasteiger charge is 2.29. The third kappa shape index (κ3) is 5.16. The number of amides is 2. The third-order valence-corrected chi connectivity index (χ3v) is 8.63. The van der Waals surface area contributed by atoms with E-state index in [0.717, 1.165) is 58.5 Å². The van der Waals surface area contributed by atoms with E-state index in [4.69, 9.17) is 0 Å². The van der Waals surface area contributed by atoms with E-state index in [1.807, 2.05) is 90.0 Å². The number of allylic oxidation sites excluding steroid dienone is 1. The summed E-state index contributed by atoms with van der Waals surface area (Å²) in [5.41, 5.74) is 9.27. The number of anilines is 1. The minimum atomic E-state index is -0.397. The Hall–Kier alpha value is -4.49. The second-order valence-corrected chi connectivity index (χ2v) is 11.4. The number of rotatable bonds is 5. The Labute approximate surface area is 246 Å². The Kier molecular flexibility index (Phi) is 7.52. The van der Waals surface area contributed by atoms with Gasteiger partial charge in [-0.3, -0.25) is 14.6 Å². The number of para-hydroxylation sites is 1. The minimum Gasteiger partial charge on any atom is -0.389 e. The highest BCUT2D eigenvalue weighted by molar-refractivity contribution is 6.07. The molecule has 3 heterocycles. The van der Waals surface area contributed by atoms with E-state index in [1.165, 1.54) is 5.57 Å². The predicted octanol–water partition coefficient (Wildman–Crippen LogP) is 5.99. The summed E-state index contributed by atoms with van der Waals surface area (Å²) < 4.78 is 2.03. The molecule has 214 valence electrons. The zero-order valence-corrected chi connectivity index (χ0v) is 24.4. The first kappa shape index (κ1) is 27.7. The Morgan fingerprint density at radius 1 is 1.02 bits per heavy atom. The summed E-state index contributed by atoms with van der Waals surface area (Å²) in [6.45, 7) is 5.36. The summed E-state index contributed by atoms with van der Waals surface area (Å²) in [5.74, 6) is -0.159. The lowest BCUT2D eigenvalue weighted by Gasteiger charge is -2.25. The monoisotopic (exact) mass is 560 g/mol. The Morgan fingerprint density at radius 2 is 1.86 bits per heavy atom. The summed E-state index contributed by atoms with van der Waals surface area (Å²) in [7, 11) is 1.80. The summed E-state index contributed by atoms with van der Waals surface area (Å²) >= 11 is 0. The molecule has 1 atom stereocenters. The van der Waals surface area contributed by atoms with Crippen LogP contribution in [-0.2, 0) is 19.6 Å². The number of nitrogens with zero attached hydrogens (tertiary/aromatic N) is 4. The summed E-state index contributed by atoms with van der Waals surface area (Å²) in [6, 6.07) is 21.5. The Morgan fingerprint density at radius 3 is 2.64 bits per heavy atom. The van der Waals surface area contributed by atoms with Crippen molar-refractivity contribution in [1.82, 2.24) is 14.5 Å². The van der Waals surface area contributed by atoms with Crippen LogP contribution < -0.4 is 4.90 Å². The van der Waals surface area contributed by atoms with Gasteiger partial charge in [-0.2, -0.15) is 0 Å². The fourth-order valence-corrected chi connectivity index (χ4v) is 6.29. The molecule has 2 aliphatic rings. The molecule has 42 heavy (non-hydrogen) atoms. The van der Waals surface area contributed by atoms with Gasteiger partial charge in [0.15, 0.2) is 0 Å². The van der Waals surface area contributed by atoms with Crippen LogP contribution in [0, 0.1) is 6.92 Å². The van der Waals surface area contributed by atoms with Gasteiger partial charge in [-0.1, -0.05) is 30.3 Å². The smallest absolute Gasteiger partial charge is 0.270 e. The van der Waals surface area contributed by atoms with E-state index < -0.39 is 6.10 Å². The Balaban J connectivity index is 1.31. The maximum Gasteiger partial charge on any atom is 0.270 e. The first-order valence-electron chi connectivity index (χ1n) is 14.5. The quantitative estimate of drug-likeness (QED) is 0.325. The zero-order valence-electron chi connectivity index (χ0n) is 24.4. The zero-order chi connectivity index (χ0) is 29.4. The second kappa shape index (κ2) is 11.4. The van der Waals surface area contributed by atoms with Gasteiger partial charge in [0.1, 0.15) is 5.69 Å². The molecule has 0 radical (unpaired) electrons. The summed E-state index contributed by atoms with van der Waals surface area (Å²) in [5, 5.41) is 10.4. The van der Waals surface area contributed by atoms with Gasteiger partial charge in [-0.05, 0) is 103 Å². The molecule has 0 spiro atoms. The number of aliphatic hydroxyl groups excluding tert-OH is 1. The molecule has 0 fully saturated rings. The van der Waals surface area contributed by atoms with Gasteiger partial charge >= 0.3 is 0 Å². The van der Waals surface area contributed by atoms with Gasteiger partial charge in [0.2, 0.25) is 0 Å². The molecular weight excluding hydrogens is 524 g/mol. The van der Waals surface area contributed by atoms with E-state index in [1.54, 1.807) is 24.3 Å². The topological polar surface area (TPSA) is 78.7 Å². The molecule has 2 aromatic heterocycles. The van der Waals surface area contributed by atoms with Gasteiger partial charge in [0.05, 0.1) is 19.2 Å². The van der Waals surface area contributed by atoms with Gasteiger partial charge in [0, 0.05) is 42.9 Å². The fourth-order valence-electron chi connectivity index (χ4n) is 6.29. The van der Waals surface area contributed by atoms with Crippen molar-refractivity contribution in [3.8, 4) is 0 Å². The number of carbonyl (C=O) groups is 2. The molecule has 4 aromatic rings. The number of fused-ring (bicyclic) bond motifs is 2. The second-order valence-electron chi connectivity index (χ2n) is 11.4. The first-order valence-corrected chi connectivity index (χ1v) is 14.5. The normalized spacial score (nSPS) is 16.5. The van der Waals surface area contributed by atoms with Crippen molar-refractivity contribution in [3.05, 3.63) is 124 Å². The maximum absolute atomic E-state index is 14.1. The fraction of sp³-hybridized carbons (Fsp3) is 0.286. The number of carbonyl (C=O) groups excluding carboxylic acids is 2. The number of pyridine rings is 1. The van der Waals surface area contributed by atoms with Crippen molar-refractivity contribution >= 4 is 23.1 Å². The largest absolute Gasteiger partial charge is 0.389 e. The van der Waals surface area contributed by atoms with E-state index in [9.17, 15) is 14.7 Å². The molecule has 1 aliphatic heterocycles. The van der Waals surface area contributed by atoms with Crippen LogP contribution in [0.4, 0.5) is 5.69 Å². The number of aryl methyl sites for hydroxylation is 1. The van der Waals surface area contributed by atoms with E-state index in [0.29, 0.717) is 30.9 Å². The van der Waals surface area contributed by atoms with Crippen LogP contribution in [0.1, 0.15) is 75.0 Å². The third-order valence-electron chi connectivity index (χ3n) is 8.63. The van der Waals surface area contributed by atoms with Crippen LogP contribution in [0.2, 0.25) is 0 Å². The van der Waals surface area contributed by atoms with E-state index in [2.05, 4.69) is 4.98 Å².